The van der Waals surface area contributed by atoms with E-state index in [1.165, 1.54) is 11.1 Å². The SMILES string of the molecule is CC(NCCc1ccc(Cl)cc1)c1ccoc1. The van der Waals surface area contributed by atoms with Crippen LogP contribution in [-0.2, 0) is 6.42 Å². The Morgan fingerprint density at radius 1 is 1.24 bits per heavy atom. The van der Waals surface area contributed by atoms with Gasteiger partial charge in [-0.05, 0) is 43.7 Å². The van der Waals surface area contributed by atoms with E-state index < -0.39 is 0 Å². The second kappa shape index (κ2) is 5.89. The quantitative estimate of drug-likeness (QED) is 0.871. The van der Waals surface area contributed by atoms with Crippen LogP contribution in [0.5, 0.6) is 0 Å². The maximum absolute atomic E-state index is 5.84. The summed E-state index contributed by atoms with van der Waals surface area (Å²) in [5.74, 6) is 0. The molecule has 1 atom stereocenters. The van der Waals surface area contributed by atoms with Crippen LogP contribution in [-0.4, -0.2) is 6.54 Å². The van der Waals surface area contributed by atoms with Gasteiger partial charge in [0, 0.05) is 16.6 Å². The van der Waals surface area contributed by atoms with Crippen LogP contribution < -0.4 is 5.32 Å². The third kappa shape index (κ3) is 3.62. The fourth-order valence-electron chi connectivity index (χ4n) is 1.72. The van der Waals surface area contributed by atoms with Gasteiger partial charge in [0.05, 0.1) is 12.5 Å². The first-order chi connectivity index (χ1) is 8.25. The predicted molar refractivity (Wildman–Crippen MR) is 70.3 cm³/mol. The molecule has 90 valence electrons. The Labute approximate surface area is 107 Å². The van der Waals surface area contributed by atoms with Gasteiger partial charge in [0.25, 0.3) is 0 Å². The van der Waals surface area contributed by atoms with E-state index in [-0.39, 0.29) is 0 Å². The lowest BCUT2D eigenvalue weighted by Gasteiger charge is -2.11. The van der Waals surface area contributed by atoms with E-state index in [0.717, 1.165) is 18.0 Å². The Morgan fingerprint density at radius 2 is 2.00 bits per heavy atom. The van der Waals surface area contributed by atoms with E-state index in [9.17, 15) is 0 Å². The van der Waals surface area contributed by atoms with Gasteiger partial charge in [-0.15, -0.1) is 0 Å². The van der Waals surface area contributed by atoms with Crippen molar-refractivity contribution in [1.29, 1.82) is 0 Å². The third-order valence-corrected chi connectivity index (χ3v) is 3.07. The number of furan rings is 1. The van der Waals surface area contributed by atoms with Crippen LogP contribution in [0.1, 0.15) is 24.1 Å². The van der Waals surface area contributed by atoms with Crippen molar-refractivity contribution in [3.05, 3.63) is 59.0 Å². The first-order valence-electron chi connectivity index (χ1n) is 5.75. The lowest BCUT2D eigenvalue weighted by Crippen LogP contribution is -2.20. The minimum Gasteiger partial charge on any atom is -0.472 e. The number of hydrogen-bond acceptors (Lipinski definition) is 2. The Kier molecular flexibility index (Phi) is 4.24. The Hall–Kier alpha value is -1.25. The lowest BCUT2D eigenvalue weighted by molar-refractivity contribution is 0.540. The number of rotatable bonds is 5. The van der Waals surface area contributed by atoms with Gasteiger partial charge in [0.15, 0.2) is 0 Å². The number of benzene rings is 1. The molecule has 0 aliphatic carbocycles. The van der Waals surface area contributed by atoms with Crippen molar-refractivity contribution in [2.45, 2.75) is 19.4 Å². The molecule has 0 bridgehead atoms. The van der Waals surface area contributed by atoms with Crippen LogP contribution in [0.4, 0.5) is 0 Å². The van der Waals surface area contributed by atoms with E-state index in [4.69, 9.17) is 16.0 Å². The summed E-state index contributed by atoms with van der Waals surface area (Å²) in [6.07, 6.45) is 4.48. The van der Waals surface area contributed by atoms with Gasteiger partial charge in [-0.2, -0.15) is 0 Å². The van der Waals surface area contributed by atoms with Crippen LogP contribution in [0.15, 0.2) is 47.3 Å². The van der Waals surface area contributed by atoms with E-state index >= 15 is 0 Å². The predicted octanol–water partition coefficient (Wildman–Crippen LogP) is 3.83. The summed E-state index contributed by atoms with van der Waals surface area (Å²) in [5.41, 5.74) is 2.47. The van der Waals surface area contributed by atoms with Crippen molar-refractivity contribution in [2.75, 3.05) is 6.54 Å². The molecule has 1 unspecified atom stereocenters. The molecule has 1 N–H and O–H groups in total. The highest BCUT2D eigenvalue weighted by Gasteiger charge is 2.05. The highest BCUT2D eigenvalue weighted by molar-refractivity contribution is 6.30. The molecule has 0 amide bonds. The van der Waals surface area contributed by atoms with Crippen molar-refractivity contribution in [3.63, 3.8) is 0 Å². The topological polar surface area (TPSA) is 25.2 Å². The summed E-state index contributed by atoms with van der Waals surface area (Å²) in [6.45, 7) is 3.07. The molecule has 0 fully saturated rings. The Morgan fingerprint density at radius 3 is 2.65 bits per heavy atom. The molecular weight excluding hydrogens is 234 g/mol. The first-order valence-corrected chi connectivity index (χ1v) is 6.13. The monoisotopic (exact) mass is 249 g/mol. The molecule has 0 spiro atoms. The Bertz CT molecular complexity index is 436. The maximum atomic E-state index is 5.84. The molecule has 0 radical (unpaired) electrons. The third-order valence-electron chi connectivity index (χ3n) is 2.82. The summed E-state index contributed by atoms with van der Waals surface area (Å²) >= 11 is 5.84. The molecule has 1 aromatic carbocycles. The minimum atomic E-state index is 0.320. The van der Waals surface area contributed by atoms with Gasteiger partial charge in [-0.1, -0.05) is 23.7 Å². The van der Waals surface area contributed by atoms with Gasteiger partial charge in [0.1, 0.15) is 0 Å². The number of nitrogens with one attached hydrogen (secondary N) is 1. The van der Waals surface area contributed by atoms with Crippen molar-refractivity contribution < 1.29 is 4.42 Å². The second-order valence-corrected chi connectivity index (χ2v) is 4.55. The van der Waals surface area contributed by atoms with Gasteiger partial charge in [-0.25, -0.2) is 0 Å². The van der Waals surface area contributed by atoms with Crippen LogP contribution in [0.3, 0.4) is 0 Å². The zero-order valence-electron chi connectivity index (χ0n) is 9.82. The zero-order valence-corrected chi connectivity index (χ0v) is 10.6. The first kappa shape index (κ1) is 12.2. The van der Waals surface area contributed by atoms with Gasteiger partial charge < -0.3 is 9.73 Å². The van der Waals surface area contributed by atoms with Crippen LogP contribution >= 0.6 is 11.6 Å². The molecule has 0 aliphatic heterocycles. The van der Waals surface area contributed by atoms with Crippen LogP contribution in [0.25, 0.3) is 0 Å². The molecule has 17 heavy (non-hydrogen) atoms. The molecular formula is C14H16ClNO. The summed E-state index contributed by atoms with van der Waals surface area (Å²) in [4.78, 5) is 0. The van der Waals surface area contributed by atoms with E-state index in [0.29, 0.717) is 6.04 Å². The minimum absolute atomic E-state index is 0.320. The molecule has 0 saturated carbocycles. The highest BCUT2D eigenvalue weighted by atomic mass is 35.5. The molecule has 2 nitrogen and oxygen atoms in total. The van der Waals surface area contributed by atoms with Gasteiger partial charge in [0.2, 0.25) is 0 Å². The molecule has 2 aromatic rings. The molecule has 1 aromatic heterocycles. The van der Waals surface area contributed by atoms with Crippen molar-refractivity contribution >= 4 is 11.6 Å². The van der Waals surface area contributed by atoms with Crippen molar-refractivity contribution in [1.82, 2.24) is 5.32 Å². The summed E-state index contributed by atoms with van der Waals surface area (Å²) in [6, 6.07) is 10.3. The second-order valence-electron chi connectivity index (χ2n) is 4.11. The van der Waals surface area contributed by atoms with Gasteiger partial charge in [-0.3, -0.25) is 0 Å². The average Bonchev–Trinajstić information content (AvgIpc) is 2.85. The summed E-state index contributed by atoms with van der Waals surface area (Å²) in [5, 5.41) is 4.24. The highest BCUT2D eigenvalue weighted by Crippen LogP contribution is 2.13. The summed E-state index contributed by atoms with van der Waals surface area (Å²) in [7, 11) is 0. The van der Waals surface area contributed by atoms with E-state index in [1.54, 1.807) is 12.5 Å². The lowest BCUT2D eigenvalue weighted by atomic mass is 10.1. The fraction of sp³-hybridized carbons (Fsp3) is 0.286. The largest absolute Gasteiger partial charge is 0.472 e. The molecule has 0 aliphatic rings. The van der Waals surface area contributed by atoms with Crippen molar-refractivity contribution in [2.24, 2.45) is 0 Å². The van der Waals surface area contributed by atoms with E-state index in [1.807, 2.05) is 18.2 Å². The zero-order chi connectivity index (χ0) is 12.1. The molecule has 0 saturated heterocycles. The number of halogens is 1. The standard InChI is InChI=1S/C14H16ClNO/c1-11(13-7-9-17-10-13)16-8-6-12-2-4-14(15)5-3-12/h2-5,7,9-11,16H,6,8H2,1H3. The molecule has 2 rings (SSSR count). The summed E-state index contributed by atoms with van der Waals surface area (Å²) < 4.78 is 5.06. The molecule has 1 heterocycles. The Balaban J connectivity index is 1.78. The number of hydrogen-bond donors (Lipinski definition) is 1. The van der Waals surface area contributed by atoms with E-state index in [2.05, 4.69) is 24.4 Å². The van der Waals surface area contributed by atoms with Crippen LogP contribution in [0, 0.1) is 0 Å². The fourth-order valence-corrected chi connectivity index (χ4v) is 1.85. The molecule has 3 heteroatoms. The van der Waals surface area contributed by atoms with Gasteiger partial charge >= 0.3 is 0 Å². The van der Waals surface area contributed by atoms with Crippen molar-refractivity contribution in [3.8, 4) is 0 Å². The average molecular weight is 250 g/mol. The maximum Gasteiger partial charge on any atom is 0.0950 e. The smallest absolute Gasteiger partial charge is 0.0950 e. The van der Waals surface area contributed by atoms with Crippen LogP contribution in [0.2, 0.25) is 5.02 Å². The normalized spacial score (nSPS) is 12.6.